The lowest BCUT2D eigenvalue weighted by molar-refractivity contribution is 0.305. The molecular weight excluding hydrogens is 232 g/mol. The van der Waals surface area contributed by atoms with E-state index in [1.54, 1.807) is 0 Å². The molecule has 0 aliphatic rings. The fourth-order valence-electron chi connectivity index (χ4n) is 1.63. The lowest BCUT2D eigenvalue weighted by Crippen LogP contribution is -2.34. The Morgan fingerprint density at radius 2 is 2.17 bits per heavy atom. The number of aryl methyl sites for hydroxylation is 2. The molecule has 6 heteroatoms. The predicted octanol–water partition coefficient (Wildman–Crippen LogP) is 1.54. The molecule has 6 nitrogen and oxygen atoms in total. The summed E-state index contributed by atoms with van der Waals surface area (Å²) in [4.78, 5) is 0. The number of hydrogen-bond donors (Lipinski definition) is 3. The van der Waals surface area contributed by atoms with E-state index < -0.39 is 0 Å². The van der Waals surface area contributed by atoms with Crippen molar-refractivity contribution in [2.75, 3.05) is 6.54 Å². The first-order chi connectivity index (χ1) is 8.38. The minimum atomic E-state index is -0.319. The Morgan fingerprint density at radius 3 is 2.67 bits per heavy atom. The van der Waals surface area contributed by atoms with Crippen LogP contribution < -0.4 is 11.1 Å². The smallest absolute Gasteiger partial charge is 0.144 e. The normalized spacial score (nSPS) is 13.0. The Morgan fingerprint density at radius 1 is 1.50 bits per heavy atom. The van der Waals surface area contributed by atoms with Gasteiger partial charge in [0.15, 0.2) is 0 Å². The fraction of sp³-hybridized carbons (Fsp3) is 0.667. The maximum Gasteiger partial charge on any atom is 0.144 e. The highest BCUT2D eigenvalue weighted by molar-refractivity contribution is 5.85. The third kappa shape index (κ3) is 3.46. The van der Waals surface area contributed by atoms with Crippen molar-refractivity contribution in [3.63, 3.8) is 0 Å². The highest BCUT2D eigenvalue weighted by Gasteiger charge is 2.22. The van der Waals surface area contributed by atoms with Gasteiger partial charge in [-0.25, -0.2) is 0 Å². The van der Waals surface area contributed by atoms with Gasteiger partial charge in [0.05, 0.1) is 5.69 Å². The summed E-state index contributed by atoms with van der Waals surface area (Å²) < 4.78 is 5.09. The van der Waals surface area contributed by atoms with Crippen LogP contribution in [0.2, 0.25) is 0 Å². The van der Waals surface area contributed by atoms with E-state index in [0.717, 1.165) is 30.0 Å². The van der Waals surface area contributed by atoms with E-state index in [0.29, 0.717) is 6.54 Å². The van der Waals surface area contributed by atoms with Gasteiger partial charge in [-0.1, -0.05) is 24.2 Å². The molecule has 0 bridgehead atoms. The molecule has 18 heavy (non-hydrogen) atoms. The second kappa shape index (κ2) is 5.86. The molecule has 1 aromatic heterocycles. The minimum absolute atomic E-state index is 0.252. The van der Waals surface area contributed by atoms with Gasteiger partial charge in [0, 0.05) is 17.5 Å². The maximum absolute atomic E-state index is 8.67. The van der Waals surface area contributed by atoms with Crippen LogP contribution in [-0.2, 0) is 6.54 Å². The Hall–Kier alpha value is -1.56. The molecule has 0 saturated heterocycles. The summed E-state index contributed by atoms with van der Waals surface area (Å²) in [5, 5.41) is 18.9. The van der Waals surface area contributed by atoms with Crippen molar-refractivity contribution in [3.05, 3.63) is 17.0 Å². The van der Waals surface area contributed by atoms with Crippen LogP contribution in [-0.4, -0.2) is 22.7 Å². The molecule has 1 aromatic rings. The first-order valence-electron chi connectivity index (χ1n) is 5.99. The van der Waals surface area contributed by atoms with Gasteiger partial charge in [0.1, 0.15) is 11.6 Å². The minimum Gasteiger partial charge on any atom is -0.409 e. The Balaban J connectivity index is 2.40. The summed E-state index contributed by atoms with van der Waals surface area (Å²) in [6.07, 6.45) is 0.784. The van der Waals surface area contributed by atoms with Gasteiger partial charge in [0.2, 0.25) is 0 Å². The molecule has 0 aliphatic heterocycles. The number of nitrogens with zero attached hydrogens (tertiary/aromatic N) is 2. The monoisotopic (exact) mass is 254 g/mol. The molecule has 4 N–H and O–H groups in total. The average molecular weight is 254 g/mol. The number of hydrogen-bond acceptors (Lipinski definition) is 5. The van der Waals surface area contributed by atoms with Gasteiger partial charge in [-0.3, -0.25) is 0 Å². The zero-order valence-corrected chi connectivity index (χ0v) is 11.4. The SMILES string of the molecule is Cc1noc(C)c1CNCCC(C)(C)C(N)=NO. The molecule has 1 heterocycles. The fourth-order valence-corrected chi connectivity index (χ4v) is 1.63. The standard InChI is InChI=1S/C12H22N4O2/c1-8-10(9(2)18-16-8)7-14-6-5-12(3,4)11(13)15-17/h14,17H,5-7H2,1-4H3,(H2,13,15). The van der Waals surface area contributed by atoms with Crippen LogP contribution in [0.25, 0.3) is 0 Å². The van der Waals surface area contributed by atoms with Gasteiger partial charge in [-0.15, -0.1) is 0 Å². The largest absolute Gasteiger partial charge is 0.409 e. The number of rotatable bonds is 6. The van der Waals surface area contributed by atoms with Crippen molar-refractivity contribution in [3.8, 4) is 0 Å². The zero-order valence-electron chi connectivity index (χ0n) is 11.4. The lowest BCUT2D eigenvalue weighted by atomic mass is 9.88. The van der Waals surface area contributed by atoms with Gasteiger partial charge < -0.3 is 20.8 Å². The van der Waals surface area contributed by atoms with Gasteiger partial charge in [-0.05, 0) is 26.8 Å². The molecule has 0 aromatic carbocycles. The topological polar surface area (TPSA) is 96.7 Å². The van der Waals surface area contributed by atoms with Crippen LogP contribution in [0.3, 0.4) is 0 Å². The van der Waals surface area contributed by atoms with Crippen molar-refractivity contribution >= 4 is 5.84 Å². The van der Waals surface area contributed by atoms with E-state index in [-0.39, 0.29) is 11.3 Å². The third-order valence-corrected chi connectivity index (χ3v) is 3.21. The average Bonchev–Trinajstić information content (AvgIpc) is 2.64. The van der Waals surface area contributed by atoms with Gasteiger partial charge in [0.25, 0.3) is 0 Å². The first-order valence-corrected chi connectivity index (χ1v) is 5.99. The Kier molecular flexibility index (Phi) is 4.72. The summed E-state index contributed by atoms with van der Waals surface area (Å²) in [5.41, 5.74) is 7.31. The lowest BCUT2D eigenvalue weighted by Gasteiger charge is -2.22. The highest BCUT2D eigenvalue weighted by atomic mass is 16.5. The first kappa shape index (κ1) is 14.5. The number of oxime groups is 1. The highest BCUT2D eigenvalue weighted by Crippen LogP contribution is 2.19. The molecule has 1 rings (SSSR count). The van der Waals surface area contributed by atoms with E-state index in [4.69, 9.17) is 15.5 Å². The van der Waals surface area contributed by atoms with Crippen LogP contribution in [0.15, 0.2) is 9.68 Å². The van der Waals surface area contributed by atoms with E-state index >= 15 is 0 Å². The van der Waals surface area contributed by atoms with Gasteiger partial charge in [-0.2, -0.15) is 0 Å². The molecule has 0 radical (unpaired) electrons. The van der Waals surface area contributed by atoms with E-state index in [1.165, 1.54) is 0 Å². The van der Waals surface area contributed by atoms with Crippen LogP contribution >= 0.6 is 0 Å². The van der Waals surface area contributed by atoms with E-state index in [1.807, 2.05) is 27.7 Å². The van der Waals surface area contributed by atoms with Crippen LogP contribution in [0, 0.1) is 19.3 Å². The van der Waals surface area contributed by atoms with Crippen molar-refractivity contribution in [1.29, 1.82) is 0 Å². The molecular formula is C12H22N4O2. The number of aromatic nitrogens is 1. The summed E-state index contributed by atoms with van der Waals surface area (Å²) in [6, 6.07) is 0. The number of nitrogens with one attached hydrogen (secondary N) is 1. The molecule has 0 amide bonds. The number of amidine groups is 1. The maximum atomic E-state index is 8.67. The predicted molar refractivity (Wildman–Crippen MR) is 69.5 cm³/mol. The number of nitrogens with two attached hydrogens (primary N) is 1. The summed E-state index contributed by atoms with van der Waals surface area (Å²) in [5.74, 6) is 1.09. The molecule has 0 unspecified atom stereocenters. The second-order valence-corrected chi connectivity index (χ2v) is 5.10. The molecule has 0 spiro atoms. The van der Waals surface area contributed by atoms with E-state index in [9.17, 15) is 0 Å². The summed E-state index contributed by atoms with van der Waals surface area (Å²) >= 11 is 0. The summed E-state index contributed by atoms with van der Waals surface area (Å²) in [6.45, 7) is 9.20. The molecule has 0 atom stereocenters. The van der Waals surface area contributed by atoms with Crippen molar-refractivity contribution < 1.29 is 9.73 Å². The van der Waals surface area contributed by atoms with Crippen molar-refractivity contribution in [1.82, 2.24) is 10.5 Å². The summed E-state index contributed by atoms with van der Waals surface area (Å²) in [7, 11) is 0. The Labute approximate surface area is 107 Å². The van der Waals surface area contributed by atoms with Crippen molar-refractivity contribution in [2.24, 2.45) is 16.3 Å². The van der Waals surface area contributed by atoms with Crippen LogP contribution in [0.1, 0.15) is 37.3 Å². The zero-order chi connectivity index (χ0) is 13.8. The molecule has 0 fully saturated rings. The van der Waals surface area contributed by atoms with E-state index in [2.05, 4.69) is 15.6 Å². The van der Waals surface area contributed by atoms with Crippen LogP contribution in [0.5, 0.6) is 0 Å². The molecule has 0 saturated carbocycles. The van der Waals surface area contributed by atoms with Gasteiger partial charge >= 0.3 is 0 Å². The molecule has 102 valence electrons. The van der Waals surface area contributed by atoms with Crippen LogP contribution in [0.4, 0.5) is 0 Å². The Bertz CT molecular complexity index is 404. The van der Waals surface area contributed by atoms with Crippen molar-refractivity contribution in [2.45, 2.75) is 40.7 Å². The quantitative estimate of drug-likeness (QED) is 0.235. The molecule has 0 aliphatic carbocycles. The third-order valence-electron chi connectivity index (χ3n) is 3.21. The second-order valence-electron chi connectivity index (χ2n) is 5.10.